The summed E-state index contributed by atoms with van der Waals surface area (Å²) in [6.07, 6.45) is 0. The molecule has 0 saturated heterocycles. The molecule has 0 aliphatic heterocycles. The Labute approximate surface area is 109 Å². The highest BCUT2D eigenvalue weighted by Crippen LogP contribution is 2.29. The first-order valence-electron chi connectivity index (χ1n) is 5.38. The summed E-state index contributed by atoms with van der Waals surface area (Å²) in [6, 6.07) is 9.21. The Balaban J connectivity index is 2.14. The van der Waals surface area contributed by atoms with Gasteiger partial charge in [0.15, 0.2) is 11.5 Å². The van der Waals surface area contributed by atoms with Gasteiger partial charge >= 0.3 is 0 Å². The summed E-state index contributed by atoms with van der Waals surface area (Å²) < 4.78 is 10.9. The van der Waals surface area contributed by atoms with Gasteiger partial charge in [-0.2, -0.15) is 0 Å². The third-order valence-corrected chi connectivity index (χ3v) is 3.27. The van der Waals surface area contributed by atoms with Gasteiger partial charge in [-0.3, -0.25) is 5.41 Å². The lowest BCUT2D eigenvalue weighted by Crippen LogP contribution is -2.11. The third kappa shape index (κ3) is 2.81. The van der Waals surface area contributed by atoms with Gasteiger partial charge in [0.1, 0.15) is 12.4 Å². The lowest BCUT2D eigenvalue weighted by Gasteiger charge is -2.11. The number of hydrogen-bond acceptors (Lipinski definition) is 4. The second-order valence-electron chi connectivity index (χ2n) is 3.65. The highest BCUT2D eigenvalue weighted by atomic mass is 32.1. The summed E-state index contributed by atoms with van der Waals surface area (Å²) >= 11 is 1.64. The molecule has 4 nitrogen and oxygen atoms in total. The molecule has 2 rings (SSSR count). The number of nitrogens with two attached hydrogens (primary N) is 1. The van der Waals surface area contributed by atoms with E-state index in [0.29, 0.717) is 23.7 Å². The van der Waals surface area contributed by atoms with Crippen molar-refractivity contribution in [1.82, 2.24) is 0 Å². The summed E-state index contributed by atoms with van der Waals surface area (Å²) in [5.41, 5.74) is 6.05. The van der Waals surface area contributed by atoms with Crippen molar-refractivity contribution in [3.8, 4) is 11.5 Å². The molecular weight excluding hydrogens is 248 g/mol. The van der Waals surface area contributed by atoms with Crippen molar-refractivity contribution in [2.75, 3.05) is 7.11 Å². The molecule has 0 bridgehead atoms. The van der Waals surface area contributed by atoms with E-state index in [1.54, 1.807) is 36.6 Å². The molecular formula is C13H14N2O2S. The van der Waals surface area contributed by atoms with Crippen LogP contribution in [0.25, 0.3) is 0 Å². The van der Waals surface area contributed by atoms with Crippen molar-refractivity contribution < 1.29 is 9.47 Å². The molecule has 5 heteroatoms. The lowest BCUT2D eigenvalue weighted by molar-refractivity contribution is 0.287. The van der Waals surface area contributed by atoms with Crippen molar-refractivity contribution >= 4 is 17.2 Å². The van der Waals surface area contributed by atoms with Crippen LogP contribution in [-0.4, -0.2) is 12.9 Å². The number of benzene rings is 1. The van der Waals surface area contributed by atoms with Gasteiger partial charge in [-0.05, 0) is 29.6 Å². The average Bonchev–Trinajstić information content (AvgIpc) is 2.89. The summed E-state index contributed by atoms with van der Waals surface area (Å²) in [5.74, 6) is 1.24. The molecule has 0 aliphatic rings. The Morgan fingerprint density at radius 2 is 2.17 bits per heavy atom. The van der Waals surface area contributed by atoms with Crippen LogP contribution >= 0.6 is 11.3 Å². The van der Waals surface area contributed by atoms with E-state index in [9.17, 15) is 0 Å². The minimum absolute atomic E-state index is 0.0121. The van der Waals surface area contributed by atoms with Gasteiger partial charge < -0.3 is 15.2 Å². The molecule has 1 heterocycles. The van der Waals surface area contributed by atoms with Crippen molar-refractivity contribution in [3.63, 3.8) is 0 Å². The van der Waals surface area contributed by atoms with Gasteiger partial charge in [0, 0.05) is 10.4 Å². The van der Waals surface area contributed by atoms with Crippen LogP contribution in [0.15, 0.2) is 35.7 Å². The Kier molecular flexibility index (Phi) is 3.84. The van der Waals surface area contributed by atoms with Crippen LogP contribution < -0.4 is 15.2 Å². The summed E-state index contributed by atoms with van der Waals surface area (Å²) in [7, 11) is 1.57. The zero-order valence-corrected chi connectivity index (χ0v) is 10.8. The van der Waals surface area contributed by atoms with Crippen molar-refractivity contribution in [1.29, 1.82) is 5.41 Å². The Morgan fingerprint density at radius 1 is 1.33 bits per heavy atom. The van der Waals surface area contributed by atoms with Gasteiger partial charge in [0.2, 0.25) is 0 Å². The fourth-order valence-corrected chi connectivity index (χ4v) is 2.11. The van der Waals surface area contributed by atoms with Crippen LogP contribution in [0.2, 0.25) is 0 Å². The van der Waals surface area contributed by atoms with E-state index in [1.165, 1.54) is 0 Å². The van der Waals surface area contributed by atoms with Crippen LogP contribution in [-0.2, 0) is 6.61 Å². The third-order valence-electron chi connectivity index (χ3n) is 2.42. The molecule has 0 amide bonds. The number of methoxy groups -OCH3 is 1. The Hall–Kier alpha value is -2.01. The first-order chi connectivity index (χ1) is 8.70. The van der Waals surface area contributed by atoms with Crippen molar-refractivity contribution in [3.05, 3.63) is 46.2 Å². The number of amidine groups is 1. The van der Waals surface area contributed by atoms with E-state index in [-0.39, 0.29) is 5.84 Å². The maximum Gasteiger partial charge on any atom is 0.161 e. The second-order valence-corrected chi connectivity index (χ2v) is 4.68. The Morgan fingerprint density at radius 3 is 2.78 bits per heavy atom. The van der Waals surface area contributed by atoms with E-state index in [0.717, 1.165) is 4.88 Å². The smallest absolute Gasteiger partial charge is 0.161 e. The van der Waals surface area contributed by atoms with Crippen LogP contribution in [0.5, 0.6) is 11.5 Å². The summed E-state index contributed by atoms with van der Waals surface area (Å²) in [6.45, 7) is 0.507. The van der Waals surface area contributed by atoms with Crippen LogP contribution in [0.4, 0.5) is 0 Å². The van der Waals surface area contributed by atoms with E-state index < -0.39 is 0 Å². The first kappa shape index (κ1) is 12.4. The predicted octanol–water partition coefficient (Wildman–Crippen LogP) is 2.62. The quantitative estimate of drug-likeness (QED) is 0.643. The molecule has 0 saturated carbocycles. The average molecular weight is 262 g/mol. The fraction of sp³-hybridized carbons (Fsp3) is 0.154. The monoisotopic (exact) mass is 262 g/mol. The number of rotatable bonds is 5. The zero-order valence-electron chi connectivity index (χ0n) is 9.97. The maximum absolute atomic E-state index is 7.38. The zero-order chi connectivity index (χ0) is 13.0. The lowest BCUT2D eigenvalue weighted by atomic mass is 10.2. The van der Waals surface area contributed by atoms with Gasteiger partial charge in [0.05, 0.1) is 7.11 Å². The fourth-order valence-electron chi connectivity index (χ4n) is 1.50. The molecule has 18 heavy (non-hydrogen) atoms. The van der Waals surface area contributed by atoms with Crippen LogP contribution in [0, 0.1) is 5.41 Å². The topological polar surface area (TPSA) is 68.3 Å². The molecule has 0 unspecified atom stereocenters. The molecule has 3 N–H and O–H groups in total. The van der Waals surface area contributed by atoms with Gasteiger partial charge in [-0.15, -0.1) is 11.3 Å². The van der Waals surface area contributed by atoms with Gasteiger partial charge in [-0.25, -0.2) is 0 Å². The molecule has 0 atom stereocenters. The second kappa shape index (κ2) is 5.55. The normalized spacial score (nSPS) is 10.1. The molecule has 0 spiro atoms. The van der Waals surface area contributed by atoms with E-state index >= 15 is 0 Å². The summed E-state index contributed by atoms with van der Waals surface area (Å²) in [4.78, 5) is 1.15. The number of nitrogen functional groups attached to an aromatic ring is 1. The van der Waals surface area contributed by atoms with Crippen molar-refractivity contribution in [2.45, 2.75) is 6.61 Å². The summed E-state index contributed by atoms with van der Waals surface area (Å²) in [5, 5.41) is 9.39. The molecule has 1 aromatic heterocycles. The highest BCUT2D eigenvalue weighted by Gasteiger charge is 2.07. The molecule has 0 aliphatic carbocycles. The standard InChI is InChI=1S/C13H14N2O2S/c1-16-12-7-9(13(14)15)4-5-11(12)17-8-10-3-2-6-18-10/h2-7H,8H2,1H3,(H3,14,15). The SMILES string of the molecule is COc1cc(C(=N)N)ccc1OCc1cccs1. The molecule has 2 aromatic rings. The largest absolute Gasteiger partial charge is 0.493 e. The highest BCUT2D eigenvalue weighted by molar-refractivity contribution is 7.09. The molecule has 94 valence electrons. The van der Waals surface area contributed by atoms with Crippen LogP contribution in [0.3, 0.4) is 0 Å². The van der Waals surface area contributed by atoms with E-state index in [4.69, 9.17) is 20.6 Å². The number of ether oxygens (including phenoxy) is 2. The number of hydrogen-bond donors (Lipinski definition) is 2. The maximum atomic E-state index is 7.38. The van der Waals surface area contributed by atoms with Gasteiger partial charge in [0.25, 0.3) is 0 Å². The predicted molar refractivity (Wildman–Crippen MR) is 72.7 cm³/mol. The van der Waals surface area contributed by atoms with Crippen LogP contribution in [0.1, 0.15) is 10.4 Å². The van der Waals surface area contributed by atoms with E-state index in [1.807, 2.05) is 17.5 Å². The minimum Gasteiger partial charge on any atom is -0.493 e. The number of thiophene rings is 1. The molecule has 0 radical (unpaired) electrons. The molecule has 0 fully saturated rings. The van der Waals surface area contributed by atoms with E-state index in [2.05, 4.69) is 0 Å². The molecule has 1 aromatic carbocycles. The van der Waals surface area contributed by atoms with Gasteiger partial charge in [-0.1, -0.05) is 6.07 Å². The number of nitrogens with one attached hydrogen (secondary N) is 1. The minimum atomic E-state index is 0.0121. The Bertz CT molecular complexity index is 538. The first-order valence-corrected chi connectivity index (χ1v) is 6.26. The van der Waals surface area contributed by atoms with Crippen molar-refractivity contribution in [2.24, 2.45) is 5.73 Å².